The highest BCUT2D eigenvalue weighted by atomic mass is 79.9. The van der Waals surface area contributed by atoms with E-state index in [9.17, 15) is 14.9 Å². The van der Waals surface area contributed by atoms with Crippen LogP contribution in [0.15, 0.2) is 22.7 Å². The quantitative estimate of drug-likeness (QED) is 0.502. The molecule has 0 spiro atoms. The molecule has 0 fully saturated rings. The first-order chi connectivity index (χ1) is 8.45. The molecule has 0 aliphatic rings. The van der Waals surface area contributed by atoms with Gasteiger partial charge in [0.1, 0.15) is 5.69 Å². The molecule has 0 saturated heterocycles. The molecule has 1 amide bonds. The molecule has 0 heterocycles. The normalized spacial score (nSPS) is 11.4. The van der Waals surface area contributed by atoms with Crippen molar-refractivity contribution in [1.29, 1.82) is 0 Å². The Kier molecular flexibility index (Phi) is 4.83. The molecule has 0 radical (unpaired) electrons. The van der Waals surface area contributed by atoms with Crippen molar-refractivity contribution in [1.82, 2.24) is 0 Å². The summed E-state index contributed by atoms with van der Waals surface area (Å²) >= 11 is 3.12. The Labute approximate surface area is 112 Å². The Morgan fingerprint density at radius 3 is 2.89 bits per heavy atom. The van der Waals surface area contributed by atoms with Gasteiger partial charge in [-0.25, -0.2) is 0 Å². The second kappa shape index (κ2) is 6.14. The number of hydrogen-bond donors (Lipinski definition) is 2. The molecule has 18 heavy (non-hydrogen) atoms. The van der Waals surface area contributed by atoms with Crippen molar-refractivity contribution in [2.24, 2.45) is 5.73 Å². The van der Waals surface area contributed by atoms with Gasteiger partial charge in [0.05, 0.1) is 11.0 Å². The second-order valence-corrected chi connectivity index (χ2v) is 4.34. The number of nitro benzene ring substituents is 1. The third-order valence-corrected chi connectivity index (χ3v) is 2.58. The van der Waals surface area contributed by atoms with E-state index >= 15 is 0 Å². The minimum atomic E-state index is -0.891. The van der Waals surface area contributed by atoms with Crippen molar-refractivity contribution in [3.63, 3.8) is 0 Å². The van der Waals surface area contributed by atoms with Gasteiger partial charge in [-0.05, 0) is 12.1 Å². The number of halogens is 1. The van der Waals surface area contributed by atoms with Crippen molar-refractivity contribution in [3.8, 4) is 12.3 Å². The molecule has 0 bridgehead atoms. The highest BCUT2D eigenvalue weighted by molar-refractivity contribution is 9.10. The van der Waals surface area contributed by atoms with Gasteiger partial charge in [0, 0.05) is 17.0 Å². The summed E-state index contributed by atoms with van der Waals surface area (Å²) in [6.45, 7) is 0. The highest BCUT2D eigenvalue weighted by Crippen LogP contribution is 2.27. The van der Waals surface area contributed by atoms with E-state index in [0.29, 0.717) is 4.47 Å². The van der Waals surface area contributed by atoms with E-state index in [4.69, 9.17) is 12.2 Å². The summed E-state index contributed by atoms with van der Waals surface area (Å²) in [6, 6.07) is 3.40. The molecule has 6 nitrogen and oxygen atoms in total. The van der Waals surface area contributed by atoms with Crippen LogP contribution in [0.4, 0.5) is 11.4 Å². The van der Waals surface area contributed by atoms with Crippen LogP contribution in [0.25, 0.3) is 0 Å². The van der Waals surface area contributed by atoms with E-state index in [2.05, 4.69) is 27.2 Å². The lowest BCUT2D eigenvalue weighted by atomic mass is 10.2. The molecule has 0 aromatic heterocycles. The molecular formula is C11H10BrN3O3. The Hall–Kier alpha value is -1.91. The van der Waals surface area contributed by atoms with Gasteiger partial charge < -0.3 is 11.1 Å². The monoisotopic (exact) mass is 311 g/mol. The number of anilines is 1. The van der Waals surface area contributed by atoms with Gasteiger partial charge in [-0.3, -0.25) is 14.9 Å². The Morgan fingerprint density at radius 2 is 2.33 bits per heavy atom. The number of rotatable bonds is 4. The smallest absolute Gasteiger partial charge is 0.293 e. The SMILES string of the molecule is C#CCC(N)C(=O)Nc1ccc(Br)cc1[N+](=O)[O-]. The molecule has 1 unspecified atom stereocenters. The lowest BCUT2D eigenvalue weighted by Crippen LogP contribution is -2.35. The molecule has 1 rings (SSSR count). The van der Waals surface area contributed by atoms with E-state index in [1.54, 1.807) is 6.07 Å². The van der Waals surface area contributed by atoms with Crippen molar-refractivity contribution >= 4 is 33.2 Å². The third kappa shape index (κ3) is 3.55. The zero-order chi connectivity index (χ0) is 13.7. The van der Waals surface area contributed by atoms with Crippen LogP contribution in [0.5, 0.6) is 0 Å². The van der Waals surface area contributed by atoms with Gasteiger partial charge in [0.15, 0.2) is 0 Å². The summed E-state index contributed by atoms with van der Waals surface area (Å²) in [6.07, 6.45) is 5.10. The number of carbonyl (C=O) groups excluding carboxylic acids is 1. The highest BCUT2D eigenvalue weighted by Gasteiger charge is 2.19. The Morgan fingerprint density at radius 1 is 1.67 bits per heavy atom. The number of nitrogens with two attached hydrogens (primary N) is 1. The van der Waals surface area contributed by atoms with E-state index in [1.807, 2.05) is 0 Å². The van der Waals surface area contributed by atoms with Gasteiger partial charge >= 0.3 is 0 Å². The van der Waals surface area contributed by atoms with Crippen LogP contribution in [0, 0.1) is 22.5 Å². The molecule has 1 aromatic carbocycles. The van der Waals surface area contributed by atoms with Gasteiger partial charge in [0.2, 0.25) is 5.91 Å². The standard InChI is InChI=1S/C11H10BrN3O3/c1-2-3-8(13)11(16)14-9-5-4-7(12)6-10(9)15(17)18/h1,4-6,8H,3,13H2,(H,14,16). The van der Waals surface area contributed by atoms with E-state index in [0.717, 1.165) is 0 Å². The number of carbonyl (C=O) groups is 1. The fourth-order valence-electron chi connectivity index (χ4n) is 1.21. The van der Waals surface area contributed by atoms with Crippen LogP contribution in [0.3, 0.4) is 0 Å². The van der Waals surface area contributed by atoms with Crippen LogP contribution < -0.4 is 11.1 Å². The lowest BCUT2D eigenvalue weighted by molar-refractivity contribution is -0.384. The first-order valence-corrected chi connectivity index (χ1v) is 5.69. The first-order valence-electron chi connectivity index (χ1n) is 4.89. The van der Waals surface area contributed by atoms with Gasteiger partial charge in [-0.15, -0.1) is 12.3 Å². The lowest BCUT2D eigenvalue weighted by Gasteiger charge is -2.10. The maximum atomic E-state index is 11.6. The first kappa shape index (κ1) is 14.2. The fraction of sp³-hybridized carbons (Fsp3) is 0.182. The van der Waals surface area contributed by atoms with Crippen molar-refractivity contribution < 1.29 is 9.72 Å². The average molecular weight is 312 g/mol. The van der Waals surface area contributed by atoms with E-state index < -0.39 is 16.9 Å². The van der Waals surface area contributed by atoms with Crippen LogP contribution >= 0.6 is 15.9 Å². The van der Waals surface area contributed by atoms with Crippen molar-refractivity contribution in [2.45, 2.75) is 12.5 Å². The molecule has 94 valence electrons. The number of terminal acetylenes is 1. The van der Waals surface area contributed by atoms with E-state index in [1.165, 1.54) is 12.1 Å². The topological polar surface area (TPSA) is 98.3 Å². The summed E-state index contributed by atoms with van der Waals surface area (Å²) in [5.74, 6) is 1.70. The van der Waals surface area contributed by atoms with Crippen LogP contribution in [-0.4, -0.2) is 16.9 Å². The van der Waals surface area contributed by atoms with Crippen LogP contribution in [-0.2, 0) is 4.79 Å². The van der Waals surface area contributed by atoms with Gasteiger partial charge in [0.25, 0.3) is 5.69 Å². The number of nitrogens with one attached hydrogen (secondary N) is 1. The minimum absolute atomic E-state index is 0.0656. The molecule has 7 heteroatoms. The summed E-state index contributed by atoms with van der Waals surface area (Å²) in [4.78, 5) is 21.8. The summed E-state index contributed by atoms with van der Waals surface area (Å²) in [5.41, 5.74) is 5.36. The van der Waals surface area contributed by atoms with Crippen molar-refractivity contribution in [3.05, 3.63) is 32.8 Å². The number of hydrogen-bond acceptors (Lipinski definition) is 4. The summed E-state index contributed by atoms with van der Waals surface area (Å²) < 4.78 is 0.542. The average Bonchev–Trinajstić information content (AvgIpc) is 2.31. The molecule has 0 aliphatic carbocycles. The molecular weight excluding hydrogens is 302 g/mol. The molecule has 0 aliphatic heterocycles. The third-order valence-electron chi connectivity index (χ3n) is 2.09. The van der Waals surface area contributed by atoms with Crippen LogP contribution in [0.2, 0.25) is 0 Å². The maximum absolute atomic E-state index is 11.6. The predicted molar refractivity (Wildman–Crippen MR) is 70.9 cm³/mol. The minimum Gasteiger partial charge on any atom is -0.319 e. The van der Waals surface area contributed by atoms with E-state index in [-0.39, 0.29) is 17.8 Å². The van der Waals surface area contributed by atoms with Gasteiger partial charge in [-0.1, -0.05) is 15.9 Å². The number of nitro groups is 1. The number of benzene rings is 1. The second-order valence-electron chi connectivity index (χ2n) is 3.42. The molecule has 3 N–H and O–H groups in total. The zero-order valence-corrected chi connectivity index (χ0v) is 10.8. The van der Waals surface area contributed by atoms with Crippen LogP contribution in [0.1, 0.15) is 6.42 Å². The number of amides is 1. The molecule has 1 atom stereocenters. The summed E-state index contributed by atoms with van der Waals surface area (Å²) in [5, 5.41) is 13.2. The number of nitrogens with zero attached hydrogens (tertiary/aromatic N) is 1. The largest absolute Gasteiger partial charge is 0.319 e. The zero-order valence-electron chi connectivity index (χ0n) is 9.22. The fourth-order valence-corrected chi connectivity index (χ4v) is 1.56. The van der Waals surface area contributed by atoms with Crippen molar-refractivity contribution in [2.75, 3.05) is 5.32 Å². The Bertz CT molecular complexity index is 525. The predicted octanol–water partition coefficient (Wildman–Crippen LogP) is 1.65. The molecule has 0 saturated carbocycles. The Balaban J connectivity index is 2.95. The summed E-state index contributed by atoms with van der Waals surface area (Å²) in [7, 11) is 0. The molecule has 1 aromatic rings. The maximum Gasteiger partial charge on any atom is 0.293 e. The van der Waals surface area contributed by atoms with Gasteiger partial charge in [-0.2, -0.15) is 0 Å².